The average molecular weight is 252 g/mol. The number of carbonyl (C=O) groups is 1. The zero-order valence-corrected chi connectivity index (χ0v) is 10.2. The Labute approximate surface area is 99.1 Å². The van der Waals surface area contributed by atoms with Gasteiger partial charge in [-0.2, -0.15) is 13.2 Å². The summed E-state index contributed by atoms with van der Waals surface area (Å²) >= 11 is 0. The second-order valence-electron chi connectivity index (χ2n) is 5.01. The maximum atomic E-state index is 11.8. The molecular formula is C11H19F3N2O. The molecule has 0 unspecified atom stereocenters. The Bertz CT molecular complexity index is 272. The van der Waals surface area contributed by atoms with Crippen LogP contribution in [-0.4, -0.2) is 31.7 Å². The average Bonchev–Trinajstić information content (AvgIpc) is 2.95. The summed E-state index contributed by atoms with van der Waals surface area (Å²) in [6.45, 7) is 3.63. The van der Waals surface area contributed by atoms with E-state index < -0.39 is 18.6 Å². The number of hydrogen-bond donors (Lipinski definition) is 2. The SMILES string of the molecule is CC(C)C1(CNCC(=O)NCC(F)(F)F)CC1. The molecule has 1 saturated carbocycles. The van der Waals surface area contributed by atoms with Crippen molar-refractivity contribution in [2.24, 2.45) is 11.3 Å². The van der Waals surface area contributed by atoms with E-state index in [1.54, 1.807) is 0 Å². The standard InChI is InChI=1S/C11H19F3N2O/c1-8(2)10(3-4-10)6-15-5-9(17)16-7-11(12,13)14/h8,15H,3-7H2,1-2H3,(H,16,17). The number of nitrogens with one attached hydrogen (secondary N) is 2. The molecule has 2 N–H and O–H groups in total. The fourth-order valence-electron chi connectivity index (χ4n) is 1.81. The molecule has 0 aromatic rings. The number of alkyl halides is 3. The largest absolute Gasteiger partial charge is 0.405 e. The minimum absolute atomic E-state index is 0.0510. The predicted molar refractivity (Wildman–Crippen MR) is 58.4 cm³/mol. The highest BCUT2D eigenvalue weighted by Gasteiger charge is 2.44. The number of rotatable bonds is 6. The monoisotopic (exact) mass is 252 g/mol. The lowest BCUT2D eigenvalue weighted by molar-refractivity contribution is -0.137. The Balaban J connectivity index is 2.13. The highest BCUT2D eigenvalue weighted by molar-refractivity contribution is 5.78. The van der Waals surface area contributed by atoms with Gasteiger partial charge in [0.15, 0.2) is 0 Å². The van der Waals surface area contributed by atoms with Crippen LogP contribution in [0.4, 0.5) is 13.2 Å². The van der Waals surface area contributed by atoms with Crippen LogP contribution in [0.2, 0.25) is 0 Å². The molecule has 0 atom stereocenters. The van der Waals surface area contributed by atoms with E-state index in [9.17, 15) is 18.0 Å². The first-order valence-electron chi connectivity index (χ1n) is 5.79. The zero-order valence-electron chi connectivity index (χ0n) is 10.2. The molecule has 0 heterocycles. The number of amides is 1. The molecule has 0 saturated heterocycles. The third-order valence-electron chi connectivity index (χ3n) is 3.37. The van der Waals surface area contributed by atoms with Gasteiger partial charge in [0, 0.05) is 6.54 Å². The van der Waals surface area contributed by atoms with E-state index in [-0.39, 0.29) is 12.0 Å². The maximum Gasteiger partial charge on any atom is 0.405 e. The summed E-state index contributed by atoms with van der Waals surface area (Å²) in [6, 6.07) is 0. The molecule has 1 amide bonds. The van der Waals surface area contributed by atoms with Crippen LogP contribution in [0.3, 0.4) is 0 Å². The molecule has 0 aromatic heterocycles. The van der Waals surface area contributed by atoms with Gasteiger partial charge in [-0.25, -0.2) is 0 Å². The lowest BCUT2D eigenvalue weighted by atomic mass is 9.92. The summed E-state index contributed by atoms with van der Waals surface area (Å²) in [7, 11) is 0. The summed E-state index contributed by atoms with van der Waals surface area (Å²) < 4.78 is 35.4. The van der Waals surface area contributed by atoms with E-state index in [1.807, 2.05) is 5.32 Å². The topological polar surface area (TPSA) is 41.1 Å². The maximum absolute atomic E-state index is 11.8. The van der Waals surface area contributed by atoms with Crippen molar-refractivity contribution in [3.05, 3.63) is 0 Å². The minimum atomic E-state index is -4.34. The summed E-state index contributed by atoms with van der Waals surface area (Å²) in [4.78, 5) is 11.1. The van der Waals surface area contributed by atoms with E-state index in [1.165, 1.54) is 0 Å². The van der Waals surface area contributed by atoms with E-state index in [2.05, 4.69) is 19.2 Å². The molecule has 0 spiro atoms. The molecule has 0 radical (unpaired) electrons. The van der Waals surface area contributed by atoms with Crippen molar-refractivity contribution in [2.45, 2.75) is 32.9 Å². The van der Waals surface area contributed by atoms with Crippen LogP contribution in [0.15, 0.2) is 0 Å². The van der Waals surface area contributed by atoms with E-state index in [0.717, 1.165) is 12.8 Å². The Morgan fingerprint density at radius 1 is 1.35 bits per heavy atom. The van der Waals surface area contributed by atoms with Gasteiger partial charge < -0.3 is 10.6 Å². The smallest absolute Gasteiger partial charge is 0.346 e. The molecule has 17 heavy (non-hydrogen) atoms. The van der Waals surface area contributed by atoms with Gasteiger partial charge in [0.25, 0.3) is 0 Å². The van der Waals surface area contributed by atoms with Gasteiger partial charge in [-0.3, -0.25) is 4.79 Å². The molecule has 6 heteroatoms. The fraction of sp³-hybridized carbons (Fsp3) is 0.909. The fourth-order valence-corrected chi connectivity index (χ4v) is 1.81. The van der Waals surface area contributed by atoms with Crippen LogP contribution in [0.25, 0.3) is 0 Å². The van der Waals surface area contributed by atoms with Gasteiger partial charge in [0.1, 0.15) is 6.54 Å². The highest BCUT2D eigenvalue weighted by atomic mass is 19.4. The first-order valence-corrected chi connectivity index (χ1v) is 5.79. The van der Waals surface area contributed by atoms with Crippen LogP contribution >= 0.6 is 0 Å². The van der Waals surface area contributed by atoms with Crippen molar-refractivity contribution in [1.82, 2.24) is 10.6 Å². The first kappa shape index (κ1) is 14.3. The molecule has 1 aliphatic rings. The van der Waals surface area contributed by atoms with Crippen molar-refractivity contribution in [3.8, 4) is 0 Å². The van der Waals surface area contributed by atoms with Crippen molar-refractivity contribution in [2.75, 3.05) is 19.6 Å². The van der Waals surface area contributed by atoms with Gasteiger partial charge in [-0.15, -0.1) is 0 Å². The third-order valence-corrected chi connectivity index (χ3v) is 3.37. The van der Waals surface area contributed by atoms with Crippen LogP contribution in [0.5, 0.6) is 0 Å². The molecule has 1 aliphatic carbocycles. The van der Waals surface area contributed by atoms with E-state index >= 15 is 0 Å². The summed E-state index contributed by atoms with van der Waals surface area (Å²) in [5, 5.41) is 4.76. The summed E-state index contributed by atoms with van der Waals surface area (Å²) in [5.41, 5.74) is 0.254. The second-order valence-corrected chi connectivity index (χ2v) is 5.01. The number of hydrogen-bond acceptors (Lipinski definition) is 2. The molecule has 3 nitrogen and oxygen atoms in total. The Kier molecular flexibility index (Phi) is 4.41. The van der Waals surface area contributed by atoms with Gasteiger partial charge in [-0.05, 0) is 24.2 Å². The number of carbonyl (C=O) groups excluding carboxylic acids is 1. The van der Waals surface area contributed by atoms with Gasteiger partial charge in [0.05, 0.1) is 6.54 Å². The van der Waals surface area contributed by atoms with Crippen LogP contribution in [0.1, 0.15) is 26.7 Å². The molecule has 1 rings (SSSR count). The van der Waals surface area contributed by atoms with Gasteiger partial charge in [-0.1, -0.05) is 13.8 Å². The third kappa shape index (κ3) is 4.93. The van der Waals surface area contributed by atoms with Crippen molar-refractivity contribution < 1.29 is 18.0 Å². The first-order chi connectivity index (χ1) is 7.75. The van der Waals surface area contributed by atoms with Gasteiger partial charge in [0.2, 0.25) is 5.91 Å². The normalized spacial score (nSPS) is 18.2. The predicted octanol–water partition coefficient (Wildman–Crippen LogP) is 1.69. The van der Waals surface area contributed by atoms with Gasteiger partial charge >= 0.3 is 6.18 Å². The lowest BCUT2D eigenvalue weighted by Crippen LogP contribution is -2.41. The second kappa shape index (κ2) is 5.25. The molecule has 100 valence electrons. The quantitative estimate of drug-likeness (QED) is 0.755. The lowest BCUT2D eigenvalue weighted by Gasteiger charge is -2.19. The molecule has 0 bridgehead atoms. The summed E-state index contributed by atoms with van der Waals surface area (Å²) in [6.07, 6.45) is -2.09. The molecule has 0 aliphatic heterocycles. The van der Waals surface area contributed by atoms with Crippen LogP contribution in [0, 0.1) is 11.3 Å². The van der Waals surface area contributed by atoms with Crippen molar-refractivity contribution >= 4 is 5.91 Å². The highest BCUT2D eigenvalue weighted by Crippen LogP contribution is 2.51. The molecule has 1 fully saturated rings. The summed E-state index contributed by atoms with van der Waals surface area (Å²) in [5.74, 6) is -0.0740. The minimum Gasteiger partial charge on any atom is -0.346 e. The van der Waals surface area contributed by atoms with Crippen LogP contribution in [-0.2, 0) is 4.79 Å². The number of halogens is 3. The van der Waals surface area contributed by atoms with Crippen molar-refractivity contribution in [1.29, 1.82) is 0 Å². The Morgan fingerprint density at radius 2 is 1.94 bits per heavy atom. The van der Waals surface area contributed by atoms with E-state index in [0.29, 0.717) is 12.5 Å². The molecule has 0 aromatic carbocycles. The van der Waals surface area contributed by atoms with Crippen LogP contribution < -0.4 is 10.6 Å². The van der Waals surface area contributed by atoms with Crippen molar-refractivity contribution in [3.63, 3.8) is 0 Å². The zero-order chi connectivity index (χ0) is 13.1. The Hall–Kier alpha value is -0.780. The van der Waals surface area contributed by atoms with E-state index in [4.69, 9.17) is 0 Å². The Morgan fingerprint density at radius 3 is 2.35 bits per heavy atom. The molecular weight excluding hydrogens is 233 g/mol.